The molecule has 4 heterocycles. The molecule has 1 atom stereocenters. The molecule has 1 aliphatic carbocycles. The molecular formula is C38H31N7O4. The van der Waals surface area contributed by atoms with E-state index >= 15 is 0 Å². The van der Waals surface area contributed by atoms with Crippen molar-refractivity contribution >= 4 is 34.5 Å². The lowest BCUT2D eigenvalue weighted by Crippen LogP contribution is -2.27. The van der Waals surface area contributed by atoms with Crippen LogP contribution in [-0.2, 0) is 20.7 Å². The molecule has 0 spiro atoms. The fourth-order valence-corrected chi connectivity index (χ4v) is 6.48. The van der Waals surface area contributed by atoms with Gasteiger partial charge in [-0.15, -0.1) is 0 Å². The van der Waals surface area contributed by atoms with Crippen LogP contribution < -0.4 is 16.4 Å². The Kier molecular flexibility index (Phi) is 7.48. The molecule has 3 aromatic heterocycles. The number of imidazole rings is 1. The minimum absolute atomic E-state index is 0.188. The van der Waals surface area contributed by atoms with Crippen molar-refractivity contribution in [2.24, 2.45) is 0 Å². The molecule has 2 amide bonds. The lowest BCUT2D eigenvalue weighted by molar-refractivity contribution is -0.114. The molecule has 49 heavy (non-hydrogen) atoms. The van der Waals surface area contributed by atoms with E-state index < -0.39 is 6.29 Å². The van der Waals surface area contributed by atoms with Gasteiger partial charge in [0.25, 0.3) is 12.2 Å². The van der Waals surface area contributed by atoms with Gasteiger partial charge in [0.05, 0.1) is 28.6 Å². The van der Waals surface area contributed by atoms with Crippen LogP contribution in [0.25, 0.3) is 39.5 Å². The number of rotatable bonds is 7. The van der Waals surface area contributed by atoms with Crippen molar-refractivity contribution in [1.82, 2.24) is 24.8 Å². The average Bonchev–Trinajstić information content (AvgIpc) is 3.88. The van der Waals surface area contributed by atoms with Crippen LogP contribution in [0.3, 0.4) is 0 Å². The van der Waals surface area contributed by atoms with E-state index in [1.807, 2.05) is 65.2 Å². The van der Waals surface area contributed by atoms with E-state index in [0.717, 1.165) is 46.4 Å². The van der Waals surface area contributed by atoms with Gasteiger partial charge in [-0.1, -0.05) is 36.4 Å². The molecule has 11 nitrogen and oxygen atoms in total. The fourth-order valence-electron chi connectivity index (χ4n) is 6.48. The normalized spacial score (nSPS) is 15.1. The molecule has 0 saturated heterocycles. The molecule has 4 N–H and O–H groups in total. The molecule has 1 aliphatic heterocycles. The third-order valence-electron chi connectivity index (χ3n) is 8.76. The summed E-state index contributed by atoms with van der Waals surface area (Å²) in [6, 6.07) is 28.8. The van der Waals surface area contributed by atoms with Gasteiger partial charge < -0.3 is 25.8 Å². The molecule has 0 bridgehead atoms. The summed E-state index contributed by atoms with van der Waals surface area (Å²) in [4.78, 5) is 39.7. The zero-order valence-electron chi connectivity index (χ0n) is 26.5. The summed E-state index contributed by atoms with van der Waals surface area (Å²) in [5, 5.41) is 5.98. The van der Waals surface area contributed by atoms with E-state index in [1.54, 1.807) is 24.4 Å². The van der Waals surface area contributed by atoms with Crippen molar-refractivity contribution in [1.29, 1.82) is 0 Å². The van der Waals surface area contributed by atoms with Crippen molar-refractivity contribution in [2.45, 2.75) is 32.1 Å². The highest BCUT2D eigenvalue weighted by Gasteiger charge is 2.28. The molecule has 242 valence electrons. The number of nitrogen functional groups attached to an aromatic ring is 1. The number of amides is 2. The SMILES string of the molecule is CC(=O)Nc1ccc(C(=O)N[C@H]2CCc3cc(-n4c(-c5cccnc5N)nc5ccc(-c6ccccc6)nc54)ccc32)cc1C1OC=CO1. The highest BCUT2D eigenvalue weighted by Crippen LogP contribution is 2.37. The number of anilines is 2. The molecule has 3 aromatic carbocycles. The second-order valence-electron chi connectivity index (χ2n) is 11.9. The number of ether oxygens (including phenoxy) is 2. The van der Waals surface area contributed by atoms with Crippen LogP contribution in [0, 0.1) is 0 Å². The Morgan fingerprint density at radius 3 is 2.53 bits per heavy atom. The molecule has 0 radical (unpaired) electrons. The first-order valence-corrected chi connectivity index (χ1v) is 15.9. The maximum absolute atomic E-state index is 13.6. The Morgan fingerprint density at radius 1 is 0.898 bits per heavy atom. The van der Waals surface area contributed by atoms with Crippen LogP contribution in [0.4, 0.5) is 11.5 Å². The number of aromatic nitrogens is 4. The monoisotopic (exact) mass is 649 g/mol. The van der Waals surface area contributed by atoms with Crippen LogP contribution in [0.5, 0.6) is 0 Å². The largest absolute Gasteiger partial charge is 0.455 e. The quantitative estimate of drug-likeness (QED) is 0.175. The first-order valence-electron chi connectivity index (χ1n) is 15.9. The van der Waals surface area contributed by atoms with Gasteiger partial charge in [0, 0.05) is 29.9 Å². The van der Waals surface area contributed by atoms with Crippen molar-refractivity contribution in [2.75, 3.05) is 11.1 Å². The third-order valence-corrected chi connectivity index (χ3v) is 8.76. The van der Waals surface area contributed by atoms with Crippen LogP contribution in [0.15, 0.2) is 110 Å². The van der Waals surface area contributed by atoms with Crippen molar-refractivity contribution < 1.29 is 19.1 Å². The van der Waals surface area contributed by atoms with Gasteiger partial charge in [0.1, 0.15) is 23.9 Å². The van der Waals surface area contributed by atoms with Crippen LogP contribution in [0.2, 0.25) is 0 Å². The van der Waals surface area contributed by atoms with Gasteiger partial charge in [-0.2, -0.15) is 0 Å². The molecule has 6 aromatic rings. The second kappa shape index (κ2) is 12.3. The summed E-state index contributed by atoms with van der Waals surface area (Å²) >= 11 is 0. The first-order chi connectivity index (χ1) is 23.9. The van der Waals surface area contributed by atoms with E-state index in [9.17, 15) is 9.59 Å². The minimum atomic E-state index is -0.760. The van der Waals surface area contributed by atoms with Gasteiger partial charge in [0.2, 0.25) is 5.91 Å². The molecule has 8 rings (SSSR count). The van der Waals surface area contributed by atoms with Gasteiger partial charge >= 0.3 is 0 Å². The molecule has 0 unspecified atom stereocenters. The minimum Gasteiger partial charge on any atom is -0.455 e. The Labute approximate surface area is 281 Å². The summed E-state index contributed by atoms with van der Waals surface area (Å²) in [6.45, 7) is 1.42. The summed E-state index contributed by atoms with van der Waals surface area (Å²) in [6.07, 6.45) is 5.27. The summed E-state index contributed by atoms with van der Waals surface area (Å²) < 4.78 is 13.0. The van der Waals surface area contributed by atoms with Gasteiger partial charge in [-0.3, -0.25) is 14.2 Å². The van der Waals surface area contributed by atoms with Gasteiger partial charge in [0.15, 0.2) is 11.5 Å². The summed E-state index contributed by atoms with van der Waals surface area (Å²) in [5.74, 6) is 0.543. The lowest BCUT2D eigenvalue weighted by Gasteiger charge is -2.18. The highest BCUT2D eigenvalue weighted by atomic mass is 16.7. The third kappa shape index (κ3) is 5.61. The van der Waals surface area contributed by atoms with E-state index in [2.05, 4.69) is 27.8 Å². The molecule has 11 heteroatoms. The topological polar surface area (TPSA) is 146 Å². The number of hydrogen-bond acceptors (Lipinski definition) is 8. The standard InChI is InChI=1S/C38H31N7O4/c1-22(46)41-32-14-10-25(21-29(32)38-48-18-19-49-38)37(47)44-31-13-9-24-20-26(11-12-27(24)31)45-35(28-8-5-17-40-34(28)39)43-33-16-15-30(42-36(33)45)23-6-3-2-4-7-23/h2-8,10-12,14-21,31,38H,9,13H2,1H3,(H2,39,40)(H,41,46)(H,44,47)/t31-/m0/s1. The Bertz CT molecular complexity index is 2270. The number of benzene rings is 3. The van der Waals surface area contributed by atoms with Crippen LogP contribution in [0.1, 0.15) is 52.7 Å². The lowest BCUT2D eigenvalue weighted by atomic mass is 10.0. The maximum Gasteiger partial charge on any atom is 0.268 e. The van der Waals surface area contributed by atoms with E-state index in [1.165, 1.54) is 19.4 Å². The first kappa shape index (κ1) is 29.9. The number of carbonyl (C=O) groups excluding carboxylic acids is 2. The smallest absolute Gasteiger partial charge is 0.268 e. The molecule has 2 aliphatic rings. The predicted octanol–water partition coefficient (Wildman–Crippen LogP) is 6.62. The Morgan fingerprint density at radius 2 is 1.73 bits per heavy atom. The number of aryl methyl sites for hydroxylation is 1. The molecular weight excluding hydrogens is 618 g/mol. The highest BCUT2D eigenvalue weighted by molar-refractivity contribution is 5.96. The maximum atomic E-state index is 13.6. The van der Waals surface area contributed by atoms with Crippen molar-refractivity contribution in [3.05, 3.63) is 132 Å². The average molecular weight is 650 g/mol. The Hall–Kier alpha value is -6.49. The summed E-state index contributed by atoms with van der Waals surface area (Å²) in [5.41, 5.74) is 14.9. The summed E-state index contributed by atoms with van der Waals surface area (Å²) in [7, 11) is 0. The number of nitrogens with one attached hydrogen (secondary N) is 2. The number of pyridine rings is 2. The van der Waals surface area contributed by atoms with Gasteiger partial charge in [-0.05, 0) is 78.6 Å². The van der Waals surface area contributed by atoms with Gasteiger partial charge in [-0.25, -0.2) is 15.0 Å². The van der Waals surface area contributed by atoms with E-state index in [4.69, 9.17) is 25.2 Å². The number of nitrogens with zero attached hydrogens (tertiary/aromatic N) is 4. The van der Waals surface area contributed by atoms with E-state index in [0.29, 0.717) is 39.7 Å². The van der Waals surface area contributed by atoms with E-state index in [-0.39, 0.29) is 17.9 Å². The number of fused-ring (bicyclic) bond motifs is 2. The zero-order chi connectivity index (χ0) is 33.5. The number of carbonyl (C=O) groups is 2. The second-order valence-corrected chi connectivity index (χ2v) is 11.9. The number of hydrogen-bond donors (Lipinski definition) is 3. The van der Waals surface area contributed by atoms with Crippen molar-refractivity contribution in [3.63, 3.8) is 0 Å². The Balaban J connectivity index is 1.13. The molecule has 0 fully saturated rings. The molecule has 0 saturated carbocycles. The predicted molar refractivity (Wildman–Crippen MR) is 185 cm³/mol. The number of nitrogens with two attached hydrogens (primary N) is 1. The van der Waals surface area contributed by atoms with Crippen LogP contribution >= 0.6 is 0 Å². The zero-order valence-corrected chi connectivity index (χ0v) is 26.5. The van der Waals surface area contributed by atoms with Crippen molar-refractivity contribution in [3.8, 4) is 28.3 Å². The fraction of sp³-hybridized carbons (Fsp3) is 0.132. The van der Waals surface area contributed by atoms with Crippen LogP contribution in [-0.4, -0.2) is 31.3 Å².